The predicted molar refractivity (Wildman–Crippen MR) is 97.4 cm³/mol. The number of likely N-dealkylation sites (tertiary alicyclic amines) is 1. The van der Waals surface area contributed by atoms with Crippen molar-refractivity contribution in [2.75, 3.05) is 26.2 Å². The van der Waals surface area contributed by atoms with Crippen LogP contribution < -0.4 is 5.32 Å². The van der Waals surface area contributed by atoms with Gasteiger partial charge in [0, 0.05) is 38.1 Å². The lowest BCUT2D eigenvalue weighted by Crippen LogP contribution is -2.63. The first kappa shape index (κ1) is 18.2. The summed E-state index contributed by atoms with van der Waals surface area (Å²) in [5, 5.41) is 13.3. The number of amides is 2. The molecule has 5 heteroatoms. The third-order valence-corrected chi connectivity index (χ3v) is 5.85. The second kappa shape index (κ2) is 8.19. The molecule has 2 fully saturated rings. The molecule has 5 nitrogen and oxygen atoms in total. The van der Waals surface area contributed by atoms with Gasteiger partial charge in [0.05, 0.1) is 12.2 Å². The molecule has 1 aromatic carbocycles. The summed E-state index contributed by atoms with van der Waals surface area (Å²) in [4.78, 5) is 14.2. The topological polar surface area (TPSA) is 61.8 Å². The summed E-state index contributed by atoms with van der Waals surface area (Å²) < 4.78 is 5.78. The summed E-state index contributed by atoms with van der Waals surface area (Å²) in [6.45, 7) is 4.77. The monoisotopic (exact) mass is 346 g/mol. The summed E-state index contributed by atoms with van der Waals surface area (Å²) in [6.07, 6.45) is 4.20. The fraction of sp³-hybridized carbons (Fsp3) is 0.650. The van der Waals surface area contributed by atoms with E-state index in [1.54, 1.807) is 0 Å². The Morgan fingerprint density at radius 2 is 2.04 bits per heavy atom. The van der Waals surface area contributed by atoms with Crippen molar-refractivity contribution in [2.45, 2.75) is 51.2 Å². The van der Waals surface area contributed by atoms with E-state index in [2.05, 4.69) is 17.4 Å². The molecular weight excluding hydrogens is 316 g/mol. The van der Waals surface area contributed by atoms with Crippen LogP contribution in [0.1, 0.15) is 38.2 Å². The van der Waals surface area contributed by atoms with Crippen LogP contribution in [0.25, 0.3) is 0 Å². The quantitative estimate of drug-likeness (QED) is 0.778. The number of carbonyl (C=O) groups excluding carboxylic acids is 1. The molecule has 138 valence electrons. The van der Waals surface area contributed by atoms with Crippen molar-refractivity contribution in [3.05, 3.63) is 35.9 Å². The molecule has 1 spiro atoms. The minimum atomic E-state index is -0.278. The maximum atomic E-state index is 12.3. The maximum Gasteiger partial charge on any atom is 0.317 e. The second-order valence-corrected chi connectivity index (χ2v) is 7.24. The first-order valence-corrected chi connectivity index (χ1v) is 9.52. The van der Waals surface area contributed by atoms with Crippen LogP contribution in [0.3, 0.4) is 0 Å². The number of rotatable bonds is 6. The summed E-state index contributed by atoms with van der Waals surface area (Å²) in [5.41, 5.74) is 1.18. The Morgan fingerprint density at radius 1 is 1.32 bits per heavy atom. The number of piperidine rings is 1. The molecule has 0 aromatic heterocycles. The van der Waals surface area contributed by atoms with E-state index in [9.17, 15) is 9.90 Å². The molecule has 1 aliphatic heterocycles. The van der Waals surface area contributed by atoms with Crippen LogP contribution in [0.5, 0.6) is 0 Å². The van der Waals surface area contributed by atoms with Gasteiger partial charge in [0.1, 0.15) is 0 Å². The largest absolute Gasteiger partial charge is 0.392 e. The number of nitrogens with one attached hydrogen (secondary N) is 1. The van der Waals surface area contributed by atoms with Crippen molar-refractivity contribution in [3.63, 3.8) is 0 Å². The highest BCUT2D eigenvalue weighted by atomic mass is 16.5. The van der Waals surface area contributed by atoms with Crippen LogP contribution in [-0.2, 0) is 11.2 Å². The van der Waals surface area contributed by atoms with Crippen LogP contribution in [0.4, 0.5) is 4.79 Å². The number of urea groups is 1. The molecule has 0 bridgehead atoms. The summed E-state index contributed by atoms with van der Waals surface area (Å²) >= 11 is 0. The van der Waals surface area contributed by atoms with Gasteiger partial charge in [-0.3, -0.25) is 0 Å². The smallest absolute Gasteiger partial charge is 0.317 e. The van der Waals surface area contributed by atoms with Crippen LogP contribution >= 0.6 is 0 Å². The average Bonchev–Trinajstić information content (AvgIpc) is 2.66. The Morgan fingerprint density at radius 3 is 2.68 bits per heavy atom. The van der Waals surface area contributed by atoms with Gasteiger partial charge in [-0.2, -0.15) is 0 Å². The summed E-state index contributed by atoms with van der Waals surface area (Å²) in [5.74, 6) is 0. The number of aliphatic hydroxyl groups is 1. The van der Waals surface area contributed by atoms with E-state index < -0.39 is 0 Å². The number of ether oxygens (including phenoxy) is 1. The standard InChI is InChI=1S/C20H30N2O3/c1-2-25-18-15-17(23)20(18)10-13-22(14-11-20)19(24)21-12-6-9-16-7-4-3-5-8-16/h3-5,7-8,17-18,23H,2,6,9-15H2,1H3,(H,21,24)/t17-,18-/m0/s1. The fourth-order valence-electron chi connectivity index (χ4n) is 4.19. The lowest BCUT2D eigenvalue weighted by molar-refractivity contribution is -0.207. The molecule has 2 amide bonds. The molecule has 0 radical (unpaired) electrons. The van der Waals surface area contributed by atoms with Gasteiger partial charge in [-0.15, -0.1) is 0 Å². The molecule has 2 atom stereocenters. The first-order valence-electron chi connectivity index (χ1n) is 9.52. The Balaban J connectivity index is 1.38. The number of hydrogen-bond donors (Lipinski definition) is 2. The number of carbonyl (C=O) groups is 1. The van der Waals surface area contributed by atoms with E-state index in [-0.39, 0.29) is 23.7 Å². The number of hydrogen-bond acceptors (Lipinski definition) is 3. The number of aryl methyl sites for hydroxylation is 1. The zero-order valence-electron chi connectivity index (χ0n) is 15.1. The van der Waals surface area contributed by atoms with Crippen LogP contribution in [-0.4, -0.2) is 54.5 Å². The predicted octanol–water partition coefficient (Wildman–Crippen LogP) is 2.58. The van der Waals surface area contributed by atoms with Gasteiger partial charge in [-0.25, -0.2) is 4.79 Å². The highest BCUT2D eigenvalue weighted by Gasteiger charge is 2.56. The Labute approximate surface area is 150 Å². The van der Waals surface area contributed by atoms with Gasteiger partial charge in [-0.1, -0.05) is 30.3 Å². The molecule has 2 N–H and O–H groups in total. The second-order valence-electron chi connectivity index (χ2n) is 7.24. The van der Waals surface area contributed by atoms with E-state index in [4.69, 9.17) is 4.74 Å². The molecule has 2 aliphatic rings. The lowest BCUT2D eigenvalue weighted by atomic mass is 9.58. The zero-order chi connectivity index (χ0) is 17.7. The van der Waals surface area contributed by atoms with Gasteiger partial charge in [0.2, 0.25) is 0 Å². The van der Waals surface area contributed by atoms with Gasteiger partial charge in [0.15, 0.2) is 0 Å². The minimum absolute atomic E-state index is 0.0182. The van der Waals surface area contributed by atoms with Gasteiger partial charge < -0.3 is 20.1 Å². The molecular formula is C20H30N2O3. The normalized spacial score (nSPS) is 24.8. The van der Waals surface area contributed by atoms with Crippen molar-refractivity contribution < 1.29 is 14.6 Å². The van der Waals surface area contributed by atoms with Crippen LogP contribution in [0.15, 0.2) is 30.3 Å². The van der Waals surface area contributed by atoms with Gasteiger partial charge in [0.25, 0.3) is 0 Å². The van der Waals surface area contributed by atoms with Gasteiger partial charge >= 0.3 is 6.03 Å². The first-order chi connectivity index (χ1) is 12.2. The van der Waals surface area contributed by atoms with E-state index in [0.717, 1.165) is 32.1 Å². The van der Waals surface area contributed by atoms with Crippen molar-refractivity contribution in [2.24, 2.45) is 5.41 Å². The van der Waals surface area contributed by atoms with Crippen molar-refractivity contribution >= 4 is 6.03 Å². The van der Waals surface area contributed by atoms with E-state index in [1.807, 2.05) is 30.0 Å². The highest BCUT2D eigenvalue weighted by molar-refractivity contribution is 5.74. The molecule has 1 heterocycles. The molecule has 25 heavy (non-hydrogen) atoms. The highest BCUT2D eigenvalue weighted by Crippen LogP contribution is 2.50. The van der Waals surface area contributed by atoms with E-state index in [1.165, 1.54) is 5.56 Å². The Bertz CT molecular complexity index is 553. The van der Waals surface area contributed by atoms with Crippen molar-refractivity contribution in [1.82, 2.24) is 10.2 Å². The lowest BCUT2D eigenvalue weighted by Gasteiger charge is -2.56. The third kappa shape index (κ3) is 3.98. The molecule has 3 rings (SSSR count). The van der Waals surface area contributed by atoms with E-state index in [0.29, 0.717) is 26.2 Å². The van der Waals surface area contributed by atoms with E-state index >= 15 is 0 Å². The Kier molecular flexibility index (Phi) is 5.97. The number of nitrogens with zero attached hydrogens (tertiary/aromatic N) is 1. The van der Waals surface area contributed by atoms with Crippen molar-refractivity contribution in [1.29, 1.82) is 0 Å². The SMILES string of the molecule is CCO[C@H]1C[C@H](O)C12CCN(C(=O)NCCCc1ccccc1)CC2. The minimum Gasteiger partial charge on any atom is -0.392 e. The van der Waals surface area contributed by atoms with Crippen molar-refractivity contribution in [3.8, 4) is 0 Å². The molecule has 1 saturated carbocycles. The van der Waals surface area contributed by atoms with Gasteiger partial charge in [-0.05, 0) is 38.2 Å². The Hall–Kier alpha value is -1.59. The van der Waals surface area contributed by atoms with Crippen LogP contribution in [0.2, 0.25) is 0 Å². The fourth-order valence-corrected chi connectivity index (χ4v) is 4.19. The molecule has 1 aromatic rings. The maximum absolute atomic E-state index is 12.3. The number of benzene rings is 1. The third-order valence-electron chi connectivity index (χ3n) is 5.85. The van der Waals surface area contributed by atoms with Crippen LogP contribution in [0, 0.1) is 5.41 Å². The summed E-state index contributed by atoms with van der Waals surface area (Å²) in [6, 6.07) is 10.4. The molecule has 0 unspecified atom stereocenters. The average molecular weight is 346 g/mol. The molecule has 1 saturated heterocycles. The summed E-state index contributed by atoms with van der Waals surface area (Å²) in [7, 11) is 0. The zero-order valence-corrected chi connectivity index (χ0v) is 15.1. The molecule has 1 aliphatic carbocycles. The number of aliphatic hydroxyl groups excluding tert-OH is 1.